The molecular formula is C21H16Cl2FN5OS. The van der Waals surface area contributed by atoms with Crippen LogP contribution in [-0.4, -0.2) is 19.9 Å². The summed E-state index contributed by atoms with van der Waals surface area (Å²) in [6.07, 6.45) is 3.36. The number of nitrogens with zero attached hydrogens (tertiary/aromatic N) is 3. The summed E-state index contributed by atoms with van der Waals surface area (Å²) in [6.45, 7) is 0.542. The van der Waals surface area contributed by atoms with Crippen LogP contribution in [0.1, 0.15) is 11.1 Å². The summed E-state index contributed by atoms with van der Waals surface area (Å²) in [5.74, 6) is 0.833. The Kier molecular flexibility index (Phi) is 6.50. The molecule has 0 aliphatic rings. The van der Waals surface area contributed by atoms with Gasteiger partial charge in [0.15, 0.2) is 5.82 Å². The summed E-state index contributed by atoms with van der Waals surface area (Å²) in [7, 11) is 0. The van der Waals surface area contributed by atoms with E-state index in [1.807, 2.05) is 12.1 Å². The maximum Gasteiger partial charge on any atom is 0.214 e. The molecule has 0 atom stereocenters. The minimum Gasteiger partial charge on any atom is -0.488 e. The number of ether oxygens (including phenoxy) is 1. The highest BCUT2D eigenvalue weighted by atomic mass is 35.5. The van der Waals surface area contributed by atoms with Crippen molar-refractivity contribution >= 4 is 35.4 Å². The summed E-state index contributed by atoms with van der Waals surface area (Å²) in [5.41, 5.74) is 5.57. The second kappa shape index (κ2) is 9.47. The monoisotopic (exact) mass is 475 g/mol. The van der Waals surface area contributed by atoms with Gasteiger partial charge in [0.05, 0.1) is 11.6 Å². The van der Waals surface area contributed by atoms with Crippen molar-refractivity contribution < 1.29 is 9.13 Å². The van der Waals surface area contributed by atoms with Crippen LogP contribution in [0.5, 0.6) is 5.75 Å². The summed E-state index contributed by atoms with van der Waals surface area (Å²) in [6, 6.07) is 13.2. The molecule has 2 N–H and O–H groups in total. The van der Waals surface area contributed by atoms with E-state index in [1.54, 1.807) is 41.3 Å². The van der Waals surface area contributed by atoms with Crippen molar-refractivity contribution in [3.05, 3.63) is 92.7 Å². The number of rotatable bonds is 7. The Morgan fingerprint density at radius 3 is 2.65 bits per heavy atom. The Bertz CT molecular complexity index is 1260. The van der Waals surface area contributed by atoms with Crippen LogP contribution < -0.4 is 10.2 Å². The maximum absolute atomic E-state index is 13.3. The molecule has 0 spiro atoms. The highest BCUT2D eigenvalue weighted by Gasteiger charge is 2.11. The molecule has 6 nitrogen and oxygen atoms in total. The predicted molar refractivity (Wildman–Crippen MR) is 121 cm³/mol. The second-order valence-corrected chi connectivity index (χ2v) is 7.77. The smallest absolute Gasteiger partial charge is 0.214 e. The molecule has 2 aromatic carbocycles. The molecule has 158 valence electrons. The molecule has 0 saturated carbocycles. The van der Waals surface area contributed by atoms with Crippen LogP contribution in [0.25, 0.3) is 11.4 Å². The van der Waals surface area contributed by atoms with Gasteiger partial charge in [-0.2, -0.15) is 5.10 Å². The first kappa shape index (κ1) is 21.3. The molecule has 4 aromatic rings. The molecule has 31 heavy (non-hydrogen) atoms. The molecule has 0 amide bonds. The lowest BCUT2D eigenvalue weighted by Gasteiger charge is -2.15. The number of pyridine rings is 1. The van der Waals surface area contributed by atoms with Gasteiger partial charge in [0.1, 0.15) is 18.2 Å². The second-order valence-electron chi connectivity index (χ2n) is 6.54. The van der Waals surface area contributed by atoms with Gasteiger partial charge in [-0.25, -0.2) is 14.2 Å². The Morgan fingerprint density at radius 2 is 1.87 bits per heavy atom. The lowest BCUT2D eigenvalue weighted by atomic mass is 10.2. The van der Waals surface area contributed by atoms with Crippen LogP contribution in [0.2, 0.25) is 10.0 Å². The number of hydrogen-bond acceptors (Lipinski definition) is 5. The number of H-pyrrole nitrogens is 1. The molecule has 0 bridgehead atoms. The van der Waals surface area contributed by atoms with Crippen molar-refractivity contribution in [1.29, 1.82) is 0 Å². The molecule has 4 rings (SSSR count). The first-order valence-electron chi connectivity index (χ1n) is 9.18. The van der Waals surface area contributed by atoms with Crippen molar-refractivity contribution in [3.8, 4) is 17.1 Å². The Labute approximate surface area is 192 Å². The quantitative estimate of drug-likeness (QED) is 0.332. The highest BCUT2D eigenvalue weighted by molar-refractivity contribution is 7.71. The molecule has 0 aliphatic carbocycles. The summed E-state index contributed by atoms with van der Waals surface area (Å²) in [5, 5.41) is 7.94. The van der Waals surface area contributed by atoms with Crippen LogP contribution in [-0.2, 0) is 13.2 Å². The van der Waals surface area contributed by atoms with Crippen LogP contribution in [0.4, 0.5) is 4.39 Å². The van der Waals surface area contributed by atoms with Crippen LogP contribution in [0.15, 0.2) is 60.9 Å². The topological polar surface area (TPSA) is 67.8 Å². The van der Waals surface area contributed by atoms with Gasteiger partial charge in [-0.05, 0) is 54.7 Å². The lowest BCUT2D eigenvalue weighted by Crippen LogP contribution is -2.16. The minimum absolute atomic E-state index is 0.182. The van der Waals surface area contributed by atoms with E-state index in [-0.39, 0.29) is 6.61 Å². The molecule has 0 aliphatic heterocycles. The van der Waals surface area contributed by atoms with Crippen molar-refractivity contribution in [1.82, 2.24) is 19.9 Å². The SMILES string of the molecule is Fc1ccc(COc2ccc(Cl)cc2CNn2c(-c3ccncc3)n[nH]c2=S)c(Cl)c1. The molecule has 0 radical (unpaired) electrons. The summed E-state index contributed by atoms with van der Waals surface area (Å²) < 4.78 is 21.3. The first-order chi connectivity index (χ1) is 15.0. The third-order valence-corrected chi connectivity index (χ3v) is 5.32. The van der Waals surface area contributed by atoms with E-state index in [9.17, 15) is 4.39 Å². The Balaban J connectivity index is 1.54. The van der Waals surface area contributed by atoms with Crippen LogP contribution in [0, 0.1) is 10.6 Å². The molecule has 10 heteroatoms. The number of halogens is 3. The molecule has 2 heterocycles. The average Bonchev–Trinajstić information content (AvgIpc) is 3.13. The fourth-order valence-corrected chi connectivity index (χ4v) is 3.54. The van der Waals surface area contributed by atoms with E-state index in [0.717, 1.165) is 11.1 Å². The summed E-state index contributed by atoms with van der Waals surface area (Å²) in [4.78, 5) is 4.02. The van der Waals surface area contributed by atoms with Gasteiger partial charge >= 0.3 is 0 Å². The standard InChI is InChI=1S/C21H16Cl2FN5OS/c22-16-2-4-19(30-12-14-1-3-17(24)10-18(14)23)15(9-16)11-26-29-20(27-28-21(29)31)13-5-7-25-8-6-13/h1-10,26H,11-12H2,(H,28,31). The third-order valence-electron chi connectivity index (χ3n) is 4.46. The molecule has 0 fully saturated rings. The Morgan fingerprint density at radius 1 is 1.06 bits per heavy atom. The van der Waals surface area contributed by atoms with E-state index < -0.39 is 5.82 Å². The van der Waals surface area contributed by atoms with E-state index in [1.165, 1.54) is 12.1 Å². The van der Waals surface area contributed by atoms with E-state index in [4.69, 9.17) is 40.2 Å². The zero-order valence-electron chi connectivity index (χ0n) is 16.0. The highest BCUT2D eigenvalue weighted by Crippen LogP contribution is 2.26. The van der Waals surface area contributed by atoms with E-state index in [0.29, 0.717) is 38.5 Å². The minimum atomic E-state index is -0.396. The average molecular weight is 476 g/mol. The van der Waals surface area contributed by atoms with Gasteiger partial charge in [0.25, 0.3) is 0 Å². The number of benzene rings is 2. The third kappa shape index (κ3) is 5.04. The number of hydrogen-bond donors (Lipinski definition) is 2. The van der Waals surface area contributed by atoms with Crippen LogP contribution in [0.3, 0.4) is 0 Å². The lowest BCUT2D eigenvalue weighted by molar-refractivity contribution is 0.303. The maximum atomic E-state index is 13.3. The first-order valence-corrected chi connectivity index (χ1v) is 10.3. The van der Waals surface area contributed by atoms with Crippen LogP contribution >= 0.6 is 35.4 Å². The van der Waals surface area contributed by atoms with E-state index in [2.05, 4.69) is 20.6 Å². The predicted octanol–water partition coefficient (Wildman–Crippen LogP) is 5.77. The zero-order valence-corrected chi connectivity index (χ0v) is 18.3. The van der Waals surface area contributed by atoms with Gasteiger partial charge in [-0.15, -0.1) is 0 Å². The van der Waals surface area contributed by atoms with Crippen molar-refractivity contribution in [2.75, 3.05) is 5.43 Å². The fourth-order valence-electron chi connectivity index (χ4n) is 2.92. The van der Waals surface area contributed by atoms with Crippen molar-refractivity contribution in [2.45, 2.75) is 13.2 Å². The fraction of sp³-hybridized carbons (Fsp3) is 0.0952. The van der Waals surface area contributed by atoms with Gasteiger partial charge in [0.2, 0.25) is 4.77 Å². The van der Waals surface area contributed by atoms with Crippen molar-refractivity contribution in [2.24, 2.45) is 0 Å². The van der Waals surface area contributed by atoms with Gasteiger partial charge in [-0.3, -0.25) is 4.98 Å². The van der Waals surface area contributed by atoms with Gasteiger partial charge in [-0.1, -0.05) is 29.3 Å². The van der Waals surface area contributed by atoms with Crippen molar-refractivity contribution in [3.63, 3.8) is 0 Å². The molecule has 0 unspecified atom stereocenters. The molecule has 0 saturated heterocycles. The molecular weight excluding hydrogens is 460 g/mol. The van der Waals surface area contributed by atoms with Gasteiger partial charge < -0.3 is 10.2 Å². The largest absolute Gasteiger partial charge is 0.488 e. The van der Waals surface area contributed by atoms with Gasteiger partial charge in [0, 0.05) is 34.1 Å². The van der Waals surface area contributed by atoms with E-state index >= 15 is 0 Å². The zero-order chi connectivity index (χ0) is 21.8. The number of aromatic amines is 1. The Hall–Kier alpha value is -2.94. The summed E-state index contributed by atoms with van der Waals surface area (Å²) >= 11 is 17.6. The molecule has 2 aromatic heterocycles. The number of aromatic nitrogens is 4. The number of nitrogens with one attached hydrogen (secondary N) is 2. The normalized spacial score (nSPS) is 10.8.